The molecule has 17 heavy (non-hydrogen) atoms. The second-order valence-electron chi connectivity index (χ2n) is 4.48. The molecule has 0 radical (unpaired) electrons. The van der Waals surface area contributed by atoms with E-state index in [0.29, 0.717) is 6.04 Å². The molecule has 0 saturated carbocycles. The highest BCUT2D eigenvalue weighted by Crippen LogP contribution is 2.26. The van der Waals surface area contributed by atoms with Crippen LogP contribution in [0.2, 0.25) is 0 Å². The van der Waals surface area contributed by atoms with Crippen LogP contribution in [0, 0.1) is 6.92 Å². The third-order valence-corrected chi connectivity index (χ3v) is 3.54. The average Bonchev–Trinajstić information content (AvgIpc) is 2.80. The third kappa shape index (κ3) is 2.93. The summed E-state index contributed by atoms with van der Waals surface area (Å²) >= 11 is 1.70. The topological polar surface area (TPSA) is 24.9 Å². The summed E-state index contributed by atoms with van der Waals surface area (Å²) in [7, 11) is 0. The van der Waals surface area contributed by atoms with E-state index in [0.717, 1.165) is 5.01 Å². The van der Waals surface area contributed by atoms with E-state index in [9.17, 15) is 0 Å². The molecule has 90 valence electrons. The van der Waals surface area contributed by atoms with Gasteiger partial charge >= 0.3 is 0 Å². The Balaban J connectivity index is 2.37. The highest BCUT2D eigenvalue weighted by Gasteiger charge is 2.18. The molecular formula is C14H18N2S. The maximum Gasteiger partial charge on any atom is 0.114 e. The molecule has 0 aliphatic carbocycles. The minimum atomic E-state index is 0.205. The van der Waals surface area contributed by atoms with E-state index in [1.165, 1.54) is 11.1 Å². The molecule has 0 bridgehead atoms. The zero-order chi connectivity index (χ0) is 12.3. The largest absolute Gasteiger partial charge is 0.302 e. The van der Waals surface area contributed by atoms with Crippen LogP contribution in [-0.4, -0.2) is 11.0 Å². The summed E-state index contributed by atoms with van der Waals surface area (Å²) in [4.78, 5) is 4.44. The van der Waals surface area contributed by atoms with E-state index in [4.69, 9.17) is 0 Å². The smallest absolute Gasteiger partial charge is 0.114 e. The Hall–Kier alpha value is -1.19. The maximum absolute atomic E-state index is 4.44. The van der Waals surface area contributed by atoms with E-state index < -0.39 is 0 Å². The molecule has 1 atom stereocenters. The number of aryl methyl sites for hydroxylation is 1. The van der Waals surface area contributed by atoms with Gasteiger partial charge in [0.15, 0.2) is 0 Å². The van der Waals surface area contributed by atoms with Gasteiger partial charge in [-0.05, 0) is 31.9 Å². The van der Waals surface area contributed by atoms with Crippen LogP contribution in [0.25, 0.3) is 0 Å². The lowest BCUT2D eigenvalue weighted by Gasteiger charge is -2.21. The van der Waals surface area contributed by atoms with Crippen LogP contribution in [-0.2, 0) is 0 Å². The van der Waals surface area contributed by atoms with Crippen molar-refractivity contribution in [1.82, 2.24) is 10.3 Å². The quantitative estimate of drug-likeness (QED) is 0.892. The molecule has 2 rings (SSSR count). The molecule has 1 aromatic heterocycles. The van der Waals surface area contributed by atoms with Gasteiger partial charge in [0.1, 0.15) is 5.01 Å². The Morgan fingerprint density at radius 3 is 2.59 bits per heavy atom. The zero-order valence-corrected chi connectivity index (χ0v) is 11.3. The van der Waals surface area contributed by atoms with Crippen molar-refractivity contribution in [2.75, 3.05) is 0 Å². The second-order valence-corrected chi connectivity index (χ2v) is 5.41. The van der Waals surface area contributed by atoms with E-state index >= 15 is 0 Å². The first kappa shape index (κ1) is 12.3. The summed E-state index contributed by atoms with van der Waals surface area (Å²) in [5.41, 5.74) is 2.62. The molecule has 0 amide bonds. The van der Waals surface area contributed by atoms with Crippen LogP contribution in [0.1, 0.15) is 36.0 Å². The van der Waals surface area contributed by atoms with Gasteiger partial charge in [-0.25, -0.2) is 4.98 Å². The monoisotopic (exact) mass is 246 g/mol. The summed E-state index contributed by atoms with van der Waals surface area (Å²) in [5, 5.41) is 6.75. The van der Waals surface area contributed by atoms with Crippen molar-refractivity contribution in [2.24, 2.45) is 0 Å². The zero-order valence-electron chi connectivity index (χ0n) is 10.5. The van der Waals surface area contributed by atoms with Crippen LogP contribution >= 0.6 is 11.3 Å². The van der Waals surface area contributed by atoms with E-state index in [1.807, 2.05) is 11.6 Å². The van der Waals surface area contributed by atoms with Gasteiger partial charge in [-0.3, -0.25) is 0 Å². The third-order valence-electron chi connectivity index (χ3n) is 2.70. The lowest BCUT2D eigenvalue weighted by atomic mass is 10.0. The van der Waals surface area contributed by atoms with Gasteiger partial charge in [-0.1, -0.05) is 24.3 Å². The van der Waals surface area contributed by atoms with Crippen molar-refractivity contribution < 1.29 is 0 Å². The molecule has 0 spiro atoms. The maximum atomic E-state index is 4.44. The van der Waals surface area contributed by atoms with Gasteiger partial charge in [0.05, 0.1) is 6.04 Å². The second kappa shape index (κ2) is 5.43. The Kier molecular flexibility index (Phi) is 3.92. The van der Waals surface area contributed by atoms with E-state index in [2.05, 4.69) is 55.3 Å². The van der Waals surface area contributed by atoms with Crippen LogP contribution < -0.4 is 5.32 Å². The number of hydrogen-bond donors (Lipinski definition) is 1. The van der Waals surface area contributed by atoms with Gasteiger partial charge in [-0.2, -0.15) is 0 Å². The number of benzene rings is 1. The molecule has 0 fully saturated rings. The Labute approximate surface area is 107 Å². The fraction of sp³-hybridized carbons (Fsp3) is 0.357. The molecule has 3 heteroatoms. The van der Waals surface area contributed by atoms with Gasteiger partial charge in [0.2, 0.25) is 0 Å². The minimum Gasteiger partial charge on any atom is -0.302 e. The highest BCUT2D eigenvalue weighted by molar-refractivity contribution is 7.09. The number of thiazole rings is 1. The van der Waals surface area contributed by atoms with Crippen LogP contribution in [0.5, 0.6) is 0 Å². The first-order valence-corrected chi connectivity index (χ1v) is 6.77. The Morgan fingerprint density at radius 2 is 2.00 bits per heavy atom. The SMILES string of the molecule is Cc1ccccc1C(NC(C)C)c1nccs1. The van der Waals surface area contributed by atoms with Crippen LogP contribution in [0.4, 0.5) is 0 Å². The van der Waals surface area contributed by atoms with Crippen molar-refractivity contribution >= 4 is 11.3 Å². The molecule has 2 nitrogen and oxygen atoms in total. The number of aromatic nitrogens is 1. The summed E-state index contributed by atoms with van der Waals surface area (Å²) in [6, 6.07) is 9.13. The predicted molar refractivity (Wildman–Crippen MR) is 73.4 cm³/mol. The minimum absolute atomic E-state index is 0.205. The fourth-order valence-electron chi connectivity index (χ4n) is 1.92. The van der Waals surface area contributed by atoms with Crippen LogP contribution in [0.3, 0.4) is 0 Å². The number of rotatable bonds is 4. The first-order chi connectivity index (χ1) is 8.18. The predicted octanol–water partition coefficient (Wildman–Crippen LogP) is 3.54. The molecule has 1 unspecified atom stereocenters. The normalized spacial score (nSPS) is 12.9. The molecule has 1 heterocycles. The number of nitrogens with one attached hydrogen (secondary N) is 1. The molecule has 0 aliphatic rings. The molecule has 0 saturated heterocycles. The Bertz CT molecular complexity index is 463. The van der Waals surface area contributed by atoms with Gasteiger partial charge in [0.25, 0.3) is 0 Å². The molecule has 1 aromatic carbocycles. The summed E-state index contributed by atoms with van der Waals surface area (Å²) in [6.07, 6.45) is 1.87. The van der Waals surface area contributed by atoms with Gasteiger partial charge < -0.3 is 5.32 Å². The molecule has 0 aliphatic heterocycles. The number of nitrogens with zero attached hydrogens (tertiary/aromatic N) is 1. The lowest BCUT2D eigenvalue weighted by Crippen LogP contribution is -2.29. The summed E-state index contributed by atoms with van der Waals surface area (Å²) in [5.74, 6) is 0. The fourth-order valence-corrected chi connectivity index (χ4v) is 2.63. The molecule has 2 aromatic rings. The van der Waals surface area contributed by atoms with E-state index in [-0.39, 0.29) is 6.04 Å². The van der Waals surface area contributed by atoms with Crippen molar-refractivity contribution in [3.63, 3.8) is 0 Å². The lowest BCUT2D eigenvalue weighted by molar-refractivity contribution is 0.525. The standard InChI is InChI=1S/C14H18N2S/c1-10(2)16-13(14-15-8-9-17-14)12-7-5-4-6-11(12)3/h4-10,13,16H,1-3H3. The van der Waals surface area contributed by atoms with Crippen molar-refractivity contribution in [1.29, 1.82) is 0 Å². The van der Waals surface area contributed by atoms with Crippen LogP contribution in [0.15, 0.2) is 35.8 Å². The summed E-state index contributed by atoms with van der Waals surface area (Å²) in [6.45, 7) is 6.48. The van der Waals surface area contributed by atoms with Crippen molar-refractivity contribution in [2.45, 2.75) is 32.9 Å². The van der Waals surface area contributed by atoms with E-state index in [1.54, 1.807) is 11.3 Å². The average molecular weight is 246 g/mol. The molecular weight excluding hydrogens is 228 g/mol. The highest BCUT2D eigenvalue weighted by atomic mass is 32.1. The first-order valence-electron chi connectivity index (χ1n) is 5.89. The summed E-state index contributed by atoms with van der Waals surface area (Å²) < 4.78 is 0. The number of hydrogen-bond acceptors (Lipinski definition) is 3. The molecule has 1 N–H and O–H groups in total. The van der Waals surface area contributed by atoms with Gasteiger partial charge in [0, 0.05) is 17.6 Å². The van der Waals surface area contributed by atoms with Crippen molar-refractivity contribution in [3.8, 4) is 0 Å². The van der Waals surface area contributed by atoms with Crippen molar-refractivity contribution in [3.05, 3.63) is 52.0 Å². The Morgan fingerprint density at radius 1 is 1.24 bits per heavy atom. The van der Waals surface area contributed by atoms with Gasteiger partial charge in [-0.15, -0.1) is 11.3 Å².